The molecule has 0 aliphatic carbocycles. The number of thioether (sulfide) groups is 1. The molecule has 7 heteroatoms. The minimum absolute atomic E-state index is 0.116. The van der Waals surface area contributed by atoms with E-state index in [4.69, 9.17) is 14.3 Å². The molecular formula is C20H23NO5S. The molecule has 27 heavy (non-hydrogen) atoms. The predicted molar refractivity (Wildman–Crippen MR) is 102 cm³/mol. The molecule has 2 heterocycles. The summed E-state index contributed by atoms with van der Waals surface area (Å²) in [6.45, 7) is 3.43. The molecule has 1 saturated heterocycles. The van der Waals surface area contributed by atoms with Crippen molar-refractivity contribution in [2.24, 2.45) is 5.92 Å². The number of furan rings is 1. The summed E-state index contributed by atoms with van der Waals surface area (Å²) in [5.74, 6) is 0.0278. The van der Waals surface area contributed by atoms with Gasteiger partial charge < -0.3 is 19.6 Å². The van der Waals surface area contributed by atoms with Gasteiger partial charge in [-0.2, -0.15) is 0 Å². The first-order chi connectivity index (χ1) is 13.0. The Kier molecular flexibility index (Phi) is 6.58. The van der Waals surface area contributed by atoms with Crippen LogP contribution in [0.5, 0.6) is 0 Å². The first-order valence-electron chi connectivity index (χ1n) is 8.96. The van der Waals surface area contributed by atoms with E-state index in [1.54, 1.807) is 6.07 Å². The largest absolute Gasteiger partial charge is 0.478 e. The Morgan fingerprint density at radius 2 is 2.07 bits per heavy atom. The number of benzene rings is 1. The van der Waals surface area contributed by atoms with Gasteiger partial charge in [0.1, 0.15) is 11.3 Å². The van der Waals surface area contributed by atoms with Gasteiger partial charge in [-0.3, -0.25) is 4.79 Å². The third kappa shape index (κ3) is 5.14. The highest BCUT2D eigenvalue weighted by atomic mass is 32.2. The molecule has 1 amide bonds. The number of carboxylic acid groups (broad SMARTS) is 1. The van der Waals surface area contributed by atoms with E-state index in [2.05, 4.69) is 12.2 Å². The zero-order valence-electron chi connectivity index (χ0n) is 15.1. The molecule has 0 saturated carbocycles. The van der Waals surface area contributed by atoms with Gasteiger partial charge in [-0.1, -0.05) is 12.1 Å². The molecule has 144 valence electrons. The Balaban J connectivity index is 1.62. The summed E-state index contributed by atoms with van der Waals surface area (Å²) in [5.41, 5.74) is 0.740. The fourth-order valence-electron chi connectivity index (χ4n) is 3.18. The summed E-state index contributed by atoms with van der Waals surface area (Å²) in [5, 5.41) is 12.2. The number of carboxylic acids is 1. The van der Waals surface area contributed by atoms with Gasteiger partial charge in [-0.05, 0) is 43.9 Å². The van der Waals surface area contributed by atoms with Crippen LogP contribution in [-0.4, -0.2) is 36.2 Å². The lowest BCUT2D eigenvalue weighted by Gasteiger charge is -2.27. The molecule has 2 atom stereocenters. The van der Waals surface area contributed by atoms with Crippen LogP contribution in [0.25, 0.3) is 0 Å². The number of hydrogen-bond donors (Lipinski definition) is 2. The molecule has 1 aliphatic heterocycles. The quantitative estimate of drug-likeness (QED) is 0.700. The SMILES string of the molecule is CC1CC(CNC(=O)c2ccccc2SCc2occc2C(=O)O)CCO1. The molecule has 2 unspecified atom stereocenters. The Labute approximate surface area is 162 Å². The Morgan fingerprint density at radius 3 is 2.85 bits per heavy atom. The van der Waals surface area contributed by atoms with E-state index < -0.39 is 5.97 Å². The van der Waals surface area contributed by atoms with E-state index in [9.17, 15) is 9.59 Å². The molecule has 1 fully saturated rings. The van der Waals surface area contributed by atoms with E-state index in [1.165, 1.54) is 24.1 Å². The normalized spacial score (nSPS) is 19.6. The smallest absolute Gasteiger partial charge is 0.339 e. The van der Waals surface area contributed by atoms with Crippen LogP contribution in [0.1, 0.15) is 46.2 Å². The third-order valence-electron chi connectivity index (χ3n) is 4.61. The number of hydrogen-bond acceptors (Lipinski definition) is 5. The summed E-state index contributed by atoms with van der Waals surface area (Å²) in [6.07, 6.45) is 3.51. The topological polar surface area (TPSA) is 88.8 Å². The highest BCUT2D eigenvalue weighted by Gasteiger charge is 2.21. The van der Waals surface area contributed by atoms with Gasteiger partial charge in [0, 0.05) is 18.0 Å². The second-order valence-corrected chi connectivity index (χ2v) is 7.65. The molecule has 0 bridgehead atoms. The van der Waals surface area contributed by atoms with Crippen LogP contribution in [0.15, 0.2) is 45.9 Å². The number of nitrogens with one attached hydrogen (secondary N) is 1. The van der Waals surface area contributed by atoms with Crippen LogP contribution < -0.4 is 5.32 Å². The number of carbonyl (C=O) groups excluding carboxylic acids is 1. The maximum Gasteiger partial charge on any atom is 0.339 e. The van der Waals surface area contributed by atoms with Crippen molar-refractivity contribution in [2.75, 3.05) is 13.2 Å². The minimum atomic E-state index is -1.02. The van der Waals surface area contributed by atoms with Crippen LogP contribution in [0.2, 0.25) is 0 Å². The summed E-state index contributed by atoms with van der Waals surface area (Å²) >= 11 is 1.39. The second kappa shape index (κ2) is 9.10. The van der Waals surface area contributed by atoms with Crippen molar-refractivity contribution >= 4 is 23.6 Å². The standard InChI is InChI=1S/C20H23NO5S/c1-13-10-14(6-8-25-13)11-21-19(22)16-4-2-3-5-18(16)27-12-17-15(20(23)24)7-9-26-17/h2-5,7,9,13-14H,6,8,10-12H2,1H3,(H,21,22)(H,23,24). The van der Waals surface area contributed by atoms with Crippen LogP contribution in [0, 0.1) is 5.92 Å². The third-order valence-corrected chi connectivity index (χ3v) is 5.68. The maximum absolute atomic E-state index is 12.7. The second-order valence-electron chi connectivity index (χ2n) is 6.63. The van der Waals surface area contributed by atoms with Crippen molar-refractivity contribution in [3.63, 3.8) is 0 Å². The number of carbonyl (C=O) groups is 2. The summed E-state index contributed by atoms with van der Waals surface area (Å²) < 4.78 is 10.8. The zero-order chi connectivity index (χ0) is 19.2. The van der Waals surface area contributed by atoms with Crippen LogP contribution in [-0.2, 0) is 10.5 Å². The van der Waals surface area contributed by atoms with Crippen LogP contribution in [0.3, 0.4) is 0 Å². The van der Waals surface area contributed by atoms with Crippen molar-refractivity contribution < 1.29 is 23.8 Å². The summed E-state index contributed by atoms with van der Waals surface area (Å²) in [7, 11) is 0. The number of aromatic carboxylic acids is 1. The number of rotatable bonds is 7. The molecule has 3 rings (SSSR count). The van der Waals surface area contributed by atoms with Gasteiger partial charge in [-0.25, -0.2) is 4.79 Å². The first kappa shape index (κ1) is 19.5. The van der Waals surface area contributed by atoms with Crippen LogP contribution >= 0.6 is 11.8 Å². The van der Waals surface area contributed by atoms with Crippen molar-refractivity contribution in [2.45, 2.75) is 36.5 Å². The Bertz CT molecular complexity index is 803. The fraction of sp³-hybridized carbons (Fsp3) is 0.400. The molecule has 6 nitrogen and oxygen atoms in total. The van der Waals surface area contributed by atoms with Crippen molar-refractivity contribution in [3.8, 4) is 0 Å². The number of ether oxygens (including phenoxy) is 1. The van der Waals surface area contributed by atoms with Gasteiger partial charge in [-0.15, -0.1) is 11.8 Å². The highest BCUT2D eigenvalue weighted by molar-refractivity contribution is 7.98. The van der Waals surface area contributed by atoms with Gasteiger partial charge in [0.25, 0.3) is 5.91 Å². The molecule has 0 spiro atoms. The molecular weight excluding hydrogens is 366 g/mol. The molecule has 2 aromatic rings. The van der Waals surface area contributed by atoms with Crippen molar-refractivity contribution in [1.29, 1.82) is 0 Å². The van der Waals surface area contributed by atoms with E-state index in [-0.39, 0.29) is 17.6 Å². The van der Waals surface area contributed by atoms with E-state index in [0.717, 1.165) is 24.3 Å². The van der Waals surface area contributed by atoms with Crippen molar-refractivity contribution in [1.82, 2.24) is 5.32 Å². The lowest BCUT2D eigenvalue weighted by molar-refractivity contribution is 0.00301. The molecule has 1 aromatic heterocycles. The number of amides is 1. The summed E-state index contributed by atoms with van der Waals surface area (Å²) in [6, 6.07) is 8.76. The van der Waals surface area contributed by atoms with E-state index in [1.807, 2.05) is 18.2 Å². The van der Waals surface area contributed by atoms with Crippen LogP contribution in [0.4, 0.5) is 0 Å². The first-order valence-corrected chi connectivity index (χ1v) is 9.94. The Hall–Kier alpha value is -2.25. The average molecular weight is 389 g/mol. The van der Waals surface area contributed by atoms with Gasteiger partial charge in [0.15, 0.2) is 0 Å². The fourth-order valence-corrected chi connectivity index (χ4v) is 4.18. The minimum Gasteiger partial charge on any atom is -0.478 e. The zero-order valence-corrected chi connectivity index (χ0v) is 16.0. The van der Waals surface area contributed by atoms with E-state index >= 15 is 0 Å². The van der Waals surface area contributed by atoms with Crippen molar-refractivity contribution in [3.05, 3.63) is 53.5 Å². The highest BCUT2D eigenvalue weighted by Crippen LogP contribution is 2.28. The lowest BCUT2D eigenvalue weighted by Crippen LogP contribution is -2.34. The maximum atomic E-state index is 12.7. The van der Waals surface area contributed by atoms with E-state index in [0.29, 0.717) is 29.5 Å². The Morgan fingerprint density at radius 1 is 1.26 bits per heavy atom. The summed E-state index contributed by atoms with van der Waals surface area (Å²) in [4.78, 5) is 24.6. The monoisotopic (exact) mass is 389 g/mol. The average Bonchev–Trinajstić information content (AvgIpc) is 3.14. The molecule has 0 radical (unpaired) electrons. The van der Waals surface area contributed by atoms with Gasteiger partial charge in [0.2, 0.25) is 0 Å². The molecule has 1 aliphatic rings. The molecule has 2 N–H and O–H groups in total. The predicted octanol–water partition coefficient (Wildman–Crippen LogP) is 3.82. The van der Waals surface area contributed by atoms with Gasteiger partial charge in [0.05, 0.1) is 23.7 Å². The lowest BCUT2D eigenvalue weighted by atomic mass is 9.96. The van der Waals surface area contributed by atoms with Gasteiger partial charge >= 0.3 is 5.97 Å². The molecule has 1 aromatic carbocycles.